The highest BCUT2D eigenvalue weighted by Gasteiger charge is 2.20. The number of nitrogens with one attached hydrogen (secondary N) is 1. The molecule has 3 N–H and O–H groups in total. The lowest BCUT2D eigenvalue weighted by atomic mass is 9.96. The number of amides is 1. The number of benzene rings is 3. The van der Waals surface area contributed by atoms with Crippen molar-refractivity contribution in [2.24, 2.45) is 5.92 Å². The number of carbonyl (C=O) groups excluding carboxylic acids is 1. The van der Waals surface area contributed by atoms with Gasteiger partial charge in [-0.05, 0) is 66.8 Å². The molecule has 0 saturated heterocycles. The number of aryl methyl sites for hydroxylation is 1. The zero-order valence-corrected chi connectivity index (χ0v) is 20.1. The molecule has 4 rings (SSSR count). The number of aromatic nitrogens is 1. The van der Waals surface area contributed by atoms with Gasteiger partial charge in [-0.15, -0.1) is 0 Å². The number of pyridine rings is 1. The Balaban J connectivity index is 1.54. The predicted octanol–water partition coefficient (Wildman–Crippen LogP) is 5.86. The first-order chi connectivity index (χ1) is 16.4. The van der Waals surface area contributed by atoms with Crippen molar-refractivity contribution in [2.45, 2.75) is 33.2 Å². The maximum absolute atomic E-state index is 13.0. The van der Waals surface area contributed by atoms with Crippen molar-refractivity contribution < 1.29 is 9.53 Å². The summed E-state index contributed by atoms with van der Waals surface area (Å²) in [6.07, 6.45) is 0.508. The van der Waals surface area contributed by atoms with Crippen molar-refractivity contribution >= 4 is 22.6 Å². The highest BCUT2D eigenvalue weighted by Crippen LogP contribution is 2.29. The van der Waals surface area contributed by atoms with Crippen LogP contribution in [0.1, 0.15) is 36.6 Å². The highest BCUT2D eigenvalue weighted by molar-refractivity contribution is 5.87. The Hall–Kier alpha value is -3.86. The molecule has 0 fully saturated rings. The van der Waals surface area contributed by atoms with E-state index in [1.54, 1.807) is 7.11 Å². The number of carbonyl (C=O) groups is 1. The van der Waals surface area contributed by atoms with Gasteiger partial charge < -0.3 is 15.8 Å². The number of nitrogen functional groups attached to an aromatic ring is 1. The first-order valence-corrected chi connectivity index (χ1v) is 11.6. The predicted molar refractivity (Wildman–Crippen MR) is 139 cm³/mol. The second kappa shape index (κ2) is 9.96. The Morgan fingerprint density at radius 1 is 1.03 bits per heavy atom. The molecule has 34 heavy (non-hydrogen) atoms. The van der Waals surface area contributed by atoms with Gasteiger partial charge in [0.2, 0.25) is 5.91 Å². The number of fused-ring (bicyclic) bond motifs is 1. The summed E-state index contributed by atoms with van der Waals surface area (Å²) in [6, 6.07) is 24.2. The molecule has 174 valence electrons. The smallest absolute Gasteiger partial charge is 0.223 e. The average molecular weight is 454 g/mol. The zero-order valence-electron chi connectivity index (χ0n) is 20.1. The summed E-state index contributed by atoms with van der Waals surface area (Å²) in [5.41, 5.74) is 12.5. The summed E-state index contributed by atoms with van der Waals surface area (Å²) in [4.78, 5) is 17.6. The van der Waals surface area contributed by atoms with E-state index in [1.807, 2.05) is 56.3 Å². The summed E-state index contributed by atoms with van der Waals surface area (Å²) in [6.45, 7) is 5.98. The van der Waals surface area contributed by atoms with Gasteiger partial charge in [-0.3, -0.25) is 4.79 Å². The van der Waals surface area contributed by atoms with Crippen LogP contribution in [0.4, 0.5) is 5.82 Å². The van der Waals surface area contributed by atoms with Crippen molar-refractivity contribution in [3.8, 4) is 16.9 Å². The standard InChI is InChI=1S/C29H31N3O2/c1-18-9-5-6-10-24(18)21-13-14-26-22(16-21)17-23(28(30)32-26)15-19(2)29(33)31-20(3)25-11-7-8-12-27(25)34-4/h5-14,16-17,19-20H,15H2,1-4H3,(H2,30,32)(H,31,33)/t19?,20-/m1/s1. The second-order valence-corrected chi connectivity index (χ2v) is 8.83. The Labute approximate surface area is 201 Å². The number of hydrogen-bond acceptors (Lipinski definition) is 4. The van der Waals surface area contributed by atoms with Crippen LogP contribution in [0.3, 0.4) is 0 Å². The van der Waals surface area contributed by atoms with E-state index in [-0.39, 0.29) is 17.9 Å². The second-order valence-electron chi connectivity index (χ2n) is 8.83. The maximum atomic E-state index is 13.0. The molecule has 3 aromatic carbocycles. The summed E-state index contributed by atoms with van der Waals surface area (Å²) in [5, 5.41) is 4.12. The number of ether oxygens (including phenoxy) is 1. The molecule has 0 spiro atoms. The van der Waals surface area contributed by atoms with Crippen LogP contribution in [0.2, 0.25) is 0 Å². The number of nitrogens with zero attached hydrogens (tertiary/aromatic N) is 1. The molecular weight excluding hydrogens is 422 g/mol. The molecule has 0 saturated carbocycles. The fourth-order valence-corrected chi connectivity index (χ4v) is 4.34. The lowest BCUT2D eigenvalue weighted by molar-refractivity contribution is -0.125. The number of hydrogen-bond donors (Lipinski definition) is 2. The van der Waals surface area contributed by atoms with E-state index in [0.29, 0.717) is 12.2 Å². The SMILES string of the molecule is COc1ccccc1[C@@H](C)NC(=O)C(C)Cc1cc2cc(-c3ccccc3C)ccc2nc1N. The van der Waals surface area contributed by atoms with Crippen LogP contribution in [-0.2, 0) is 11.2 Å². The molecule has 5 nitrogen and oxygen atoms in total. The topological polar surface area (TPSA) is 77.2 Å². The van der Waals surface area contributed by atoms with Crippen molar-refractivity contribution in [1.82, 2.24) is 10.3 Å². The molecule has 4 aromatic rings. The molecule has 0 aliphatic heterocycles. The minimum absolute atomic E-state index is 0.0356. The van der Waals surface area contributed by atoms with E-state index in [4.69, 9.17) is 10.5 Å². The van der Waals surface area contributed by atoms with Crippen LogP contribution in [0, 0.1) is 12.8 Å². The van der Waals surface area contributed by atoms with Crippen LogP contribution in [-0.4, -0.2) is 18.0 Å². The fraction of sp³-hybridized carbons (Fsp3) is 0.241. The first kappa shape index (κ1) is 23.3. The number of para-hydroxylation sites is 1. The van der Waals surface area contributed by atoms with E-state index < -0.39 is 0 Å². The summed E-state index contributed by atoms with van der Waals surface area (Å²) in [7, 11) is 1.63. The lowest BCUT2D eigenvalue weighted by Crippen LogP contribution is -2.32. The minimum atomic E-state index is -0.266. The Morgan fingerprint density at radius 2 is 1.76 bits per heavy atom. The fourth-order valence-electron chi connectivity index (χ4n) is 4.34. The van der Waals surface area contributed by atoms with Crippen LogP contribution >= 0.6 is 0 Å². The van der Waals surface area contributed by atoms with Crippen LogP contribution in [0.25, 0.3) is 22.0 Å². The lowest BCUT2D eigenvalue weighted by Gasteiger charge is -2.20. The van der Waals surface area contributed by atoms with Gasteiger partial charge in [0.05, 0.1) is 18.7 Å². The molecule has 0 aliphatic carbocycles. The number of rotatable bonds is 7. The van der Waals surface area contributed by atoms with Crippen molar-refractivity contribution in [3.63, 3.8) is 0 Å². The minimum Gasteiger partial charge on any atom is -0.496 e. The molecule has 0 aliphatic rings. The van der Waals surface area contributed by atoms with Crippen LogP contribution in [0.15, 0.2) is 72.8 Å². The van der Waals surface area contributed by atoms with Crippen molar-refractivity contribution in [1.29, 1.82) is 0 Å². The molecule has 5 heteroatoms. The number of methoxy groups -OCH3 is 1. The quantitative estimate of drug-likeness (QED) is 0.368. The first-order valence-electron chi connectivity index (χ1n) is 11.6. The molecule has 1 amide bonds. The number of anilines is 1. The van der Waals surface area contributed by atoms with Gasteiger partial charge in [-0.2, -0.15) is 0 Å². The van der Waals surface area contributed by atoms with Gasteiger partial charge in [0.25, 0.3) is 0 Å². The normalized spacial score (nSPS) is 12.8. The highest BCUT2D eigenvalue weighted by atomic mass is 16.5. The van der Waals surface area contributed by atoms with Gasteiger partial charge in [0, 0.05) is 16.9 Å². The van der Waals surface area contributed by atoms with Gasteiger partial charge in [-0.1, -0.05) is 55.5 Å². The molecule has 1 aromatic heterocycles. The average Bonchev–Trinajstić information content (AvgIpc) is 2.84. The Morgan fingerprint density at radius 3 is 2.53 bits per heavy atom. The molecule has 1 unspecified atom stereocenters. The summed E-state index contributed by atoms with van der Waals surface area (Å²) in [5.74, 6) is 0.925. The van der Waals surface area contributed by atoms with E-state index in [0.717, 1.165) is 33.3 Å². The largest absolute Gasteiger partial charge is 0.496 e. The summed E-state index contributed by atoms with van der Waals surface area (Å²) >= 11 is 0. The van der Waals surface area contributed by atoms with Crippen molar-refractivity contribution in [3.05, 3.63) is 89.5 Å². The zero-order chi connectivity index (χ0) is 24.2. The third-order valence-electron chi connectivity index (χ3n) is 6.32. The maximum Gasteiger partial charge on any atom is 0.223 e. The molecule has 0 bridgehead atoms. The molecule has 0 radical (unpaired) electrons. The van der Waals surface area contributed by atoms with E-state index in [9.17, 15) is 4.79 Å². The Kier molecular flexibility index (Phi) is 6.82. The molecule has 2 atom stereocenters. The van der Waals surface area contributed by atoms with Crippen molar-refractivity contribution in [2.75, 3.05) is 12.8 Å². The third kappa shape index (κ3) is 4.88. The summed E-state index contributed by atoms with van der Waals surface area (Å²) < 4.78 is 5.43. The van der Waals surface area contributed by atoms with Gasteiger partial charge >= 0.3 is 0 Å². The van der Waals surface area contributed by atoms with E-state index in [1.165, 1.54) is 11.1 Å². The van der Waals surface area contributed by atoms with Gasteiger partial charge in [-0.25, -0.2) is 4.98 Å². The van der Waals surface area contributed by atoms with Gasteiger partial charge in [0.1, 0.15) is 11.6 Å². The van der Waals surface area contributed by atoms with Crippen LogP contribution < -0.4 is 15.8 Å². The Bertz CT molecular complexity index is 1330. The van der Waals surface area contributed by atoms with Crippen LogP contribution in [0.5, 0.6) is 5.75 Å². The molecule has 1 heterocycles. The van der Waals surface area contributed by atoms with Gasteiger partial charge in [0.15, 0.2) is 0 Å². The molecular formula is C29H31N3O2. The third-order valence-corrected chi connectivity index (χ3v) is 6.32. The van der Waals surface area contributed by atoms with E-state index in [2.05, 4.69) is 47.6 Å². The number of nitrogens with two attached hydrogens (primary N) is 1. The van der Waals surface area contributed by atoms with E-state index >= 15 is 0 Å². The monoisotopic (exact) mass is 453 g/mol.